The smallest absolute Gasteiger partial charge is 0.393 e. The molecule has 304 valence electrons. The molecule has 1 unspecified atom stereocenters. The fourth-order valence-electron chi connectivity index (χ4n) is 7.82. The molecule has 2 aliphatic heterocycles. The monoisotopic (exact) mass is 808 g/mol. The lowest BCUT2D eigenvalue weighted by Crippen LogP contribution is -2.53. The summed E-state index contributed by atoms with van der Waals surface area (Å²) in [6, 6.07) is 9.46. The number of thiophene rings is 1. The average Bonchev–Trinajstić information content (AvgIpc) is 3.53. The maximum atomic E-state index is 13.9. The number of nitrogens with one attached hydrogen (secondary N) is 3. The predicted molar refractivity (Wildman–Crippen MR) is 211 cm³/mol. The molecule has 1 aliphatic carbocycles. The molecule has 0 radical (unpaired) electrons. The van der Waals surface area contributed by atoms with Crippen molar-refractivity contribution in [1.82, 2.24) is 10.2 Å². The first-order valence-electron chi connectivity index (χ1n) is 19.1. The van der Waals surface area contributed by atoms with E-state index in [2.05, 4.69) is 37.5 Å². The van der Waals surface area contributed by atoms with E-state index < -0.39 is 36.4 Å². The normalized spacial score (nSPS) is 19.6. The van der Waals surface area contributed by atoms with Gasteiger partial charge in [-0.15, -0.1) is 11.3 Å². The van der Waals surface area contributed by atoms with Gasteiger partial charge in [0, 0.05) is 29.5 Å². The van der Waals surface area contributed by atoms with Crippen LogP contribution in [0.15, 0.2) is 36.4 Å². The van der Waals surface area contributed by atoms with E-state index in [4.69, 9.17) is 26.5 Å². The number of alkyl halides is 3. The summed E-state index contributed by atoms with van der Waals surface area (Å²) >= 11 is 1.25. The Balaban J connectivity index is 1.13. The van der Waals surface area contributed by atoms with Crippen molar-refractivity contribution in [2.24, 2.45) is 11.1 Å². The Morgan fingerprint density at radius 2 is 1.88 bits per heavy atom. The van der Waals surface area contributed by atoms with E-state index in [-0.39, 0.29) is 49.0 Å². The molecule has 16 heteroatoms. The first-order valence-corrected chi connectivity index (χ1v) is 19.9. The second-order valence-electron chi connectivity index (χ2n) is 14.9. The van der Waals surface area contributed by atoms with Crippen molar-refractivity contribution >= 4 is 50.6 Å². The zero-order valence-corrected chi connectivity index (χ0v) is 32.6. The Bertz CT molecular complexity index is 2030. The fraction of sp³-hybridized carbons (Fsp3) is 0.512. The first-order chi connectivity index (χ1) is 27.4. The van der Waals surface area contributed by atoms with Gasteiger partial charge >= 0.3 is 18.9 Å². The summed E-state index contributed by atoms with van der Waals surface area (Å²) in [6.07, 6.45) is 0.772. The maximum Gasteiger partial charge on any atom is 0.393 e. The van der Waals surface area contributed by atoms with E-state index in [9.17, 15) is 27.6 Å². The predicted octanol–water partition coefficient (Wildman–Crippen LogP) is 6.10. The van der Waals surface area contributed by atoms with Crippen molar-refractivity contribution in [1.29, 1.82) is 0 Å². The van der Waals surface area contributed by atoms with Gasteiger partial charge in [-0.1, -0.05) is 24.0 Å². The molecule has 3 aromatic rings. The summed E-state index contributed by atoms with van der Waals surface area (Å²) in [5.74, 6) is 3.99. The van der Waals surface area contributed by atoms with Crippen molar-refractivity contribution in [3.8, 4) is 17.6 Å². The van der Waals surface area contributed by atoms with Crippen LogP contribution in [0.4, 0.5) is 24.5 Å². The van der Waals surface area contributed by atoms with Gasteiger partial charge in [-0.25, -0.2) is 11.4 Å². The van der Waals surface area contributed by atoms with Crippen LogP contribution in [-0.4, -0.2) is 93.7 Å². The van der Waals surface area contributed by atoms with E-state index in [1.165, 1.54) is 42.4 Å². The number of anilines is 2. The molecule has 2 amide bonds. The van der Waals surface area contributed by atoms with Gasteiger partial charge in [-0.05, 0) is 93.3 Å². The summed E-state index contributed by atoms with van der Waals surface area (Å²) in [7, 11) is 1.15. The number of hydrogen-bond donors (Lipinski definition) is 4. The standard InChI is InChI=1S/C41H47F3N6O6S/c1-46-25-56-34-21-26(38(52)49-33(39(53)54-2)14-15-36(45)51)8-13-31(34)47-18-4-7-35-30(22-41(42,43)44)29-5-3-6-32(37(29)57-35)48-27-9-11-28(12-10-27)50-19-16-40(17-20-50)23-55-24-40/h3,5-6,8,13,21,27-28,33,47-48H,9-12,14-20,22-25H2,2H3,(H2,45,51)(H,49,52). The summed E-state index contributed by atoms with van der Waals surface area (Å²) in [4.78, 5) is 42.6. The zero-order chi connectivity index (χ0) is 40.6. The number of carbonyl (C=O) groups is 3. The van der Waals surface area contributed by atoms with Gasteiger partial charge in [0.15, 0.2) is 5.75 Å². The number of esters is 1. The van der Waals surface area contributed by atoms with Crippen molar-refractivity contribution in [2.45, 2.75) is 82.1 Å². The van der Waals surface area contributed by atoms with Crippen LogP contribution in [0, 0.1) is 23.8 Å². The minimum Gasteiger partial charge on any atom is -0.467 e. The number of methoxy groups -OCH3 is 1. The summed E-state index contributed by atoms with van der Waals surface area (Å²) in [5.41, 5.74) is 7.03. The van der Waals surface area contributed by atoms with Gasteiger partial charge in [-0.2, -0.15) is 13.2 Å². The quantitative estimate of drug-likeness (QED) is 0.0862. The van der Waals surface area contributed by atoms with Crippen molar-refractivity contribution < 1.29 is 41.8 Å². The third kappa shape index (κ3) is 10.7. The van der Waals surface area contributed by atoms with E-state index in [1.54, 1.807) is 12.1 Å². The van der Waals surface area contributed by atoms with Crippen LogP contribution in [0.25, 0.3) is 14.9 Å². The van der Waals surface area contributed by atoms with Crippen LogP contribution in [0.2, 0.25) is 0 Å². The molecule has 1 spiro atoms. The van der Waals surface area contributed by atoms with Gasteiger partial charge < -0.3 is 40.8 Å². The maximum absolute atomic E-state index is 13.9. The Labute approximate surface area is 333 Å². The Morgan fingerprint density at radius 3 is 2.53 bits per heavy atom. The van der Waals surface area contributed by atoms with E-state index in [1.807, 2.05) is 6.07 Å². The highest BCUT2D eigenvalue weighted by molar-refractivity contribution is 7.20. The molecule has 2 saturated heterocycles. The molecule has 0 bridgehead atoms. The van der Waals surface area contributed by atoms with Crippen molar-refractivity contribution in [3.05, 3.63) is 63.8 Å². The topological polar surface area (TPSA) is 149 Å². The summed E-state index contributed by atoms with van der Waals surface area (Å²) < 4.78 is 58.3. The second-order valence-corrected chi connectivity index (χ2v) is 15.9. The highest BCUT2D eigenvalue weighted by Crippen LogP contribution is 2.42. The molecule has 1 atom stereocenters. The minimum atomic E-state index is -4.44. The molecule has 1 aromatic heterocycles. The van der Waals surface area contributed by atoms with E-state index in [0.29, 0.717) is 27.4 Å². The molecule has 3 fully saturated rings. The number of piperidine rings is 1. The Kier molecular flexibility index (Phi) is 13.5. The molecule has 3 heterocycles. The number of ether oxygens (including phenoxy) is 3. The van der Waals surface area contributed by atoms with Crippen LogP contribution in [0.1, 0.15) is 72.2 Å². The molecular formula is C41H47F3N6O6S. The lowest BCUT2D eigenvalue weighted by molar-refractivity contribution is -0.143. The second kappa shape index (κ2) is 18.5. The number of nitrogens with two attached hydrogens (primary N) is 1. The number of primary amides is 1. The number of amides is 2. The number of halogens is 3. The highest BCUT2D eigenvalue weighted by Gasteiger charge is 2.42. The van der Waals surface area contributed by atoms with Crippen LogP contribution >= 0.6 is 11.3 Å². The highest BCUT2D eigenvalue weighted by atomic mass is 32.1. The Morgan fingerprint density at radius 1 is 1.12 bits per heavy atom. The summed E-state index contributed by atoms with van der Waals surface area (Å²) in [5, 5.41) is 9.78. The van der Waals surface area contributed by atoms with Gasteiger partial charge in [0.05, 0.1) is 54.2 Å². The first kappa shape index (κ1) is 41.6. The van der Waals surface area contributed by atoms with Crippen molar-refractivity contribution in [2.75, 3.05) is 57.3 Å². The largest absolute Gasteiger partial charge is 0.467 e. The number of nitrogens with zero attached hydrogens (tertiary/aromatic N) is 2. The molecule has 12 nitrogen and oxygen atoms in total. The van der Waals surface area contributed by atoms with Crippen LogP contribution in [0.3, 0.4) is 0 Å². The number of fused-ring (bicyclic) bond motifs is 1. The Hall–Kier alpha value is -5.03. The number of carbonyl (C=O) groups excluding carboxylic acids is 3. The SMILES string of the molecule is [C-]#[N+]COc1cc(C(=O)NC(CCC(N)=O)C(=O)OC)ccc1NCC#Cc1sc2c(NC3CCC(N4CCC5(CC4)COC5)CC3)cccc2c1CC(F)(F)F. The average molecular weight is 809 g/mol. The van der Waals surface area contributed by atoms with E-state index >= 15 is 0 Å². The molecule has 6 rings (SSSR count). The molecular weight excluding hydrogens is 762 g/mol. The third-order valence-corrected chi connectivity index (χ3v) is 12.2. The van der Waals surface area contributed by atoms with Crippen LogP contribution in [-0.2, 0) is 25.5 Å². The summed E-state index contributed by atoms with van der Waals surface area (Å²) in [6.45, 7) is 10.8. The number of rotatable bonds is 14. The minimum absolute atomic E-state index is 0.0112. The molecule has 2 aromatic carbocycles. The van der Waals surface area contributed by atoms with Gasteiger partial charge in [0.25, 0.3) is 5.91 Å². The number of likely N-dealkylation sites (tertiary alicyclic amines) is 1. The molecule has 57 heavy (non-hydrogen) atoms. The van der Waals surface area contributed by atoms with Crippen LogP contribution < -0.4 is 26.4 Å². The zero-order valence-electron chi connectivity index (χ0n) is 31.8. The lowest BCUT2D eigenvalue weighted by atomic mass is 9.76. The lowest BCUT2D eigenvalue weighted by Gasteiger charge is -2.49. The molecule has 1 saturated carbocycles. The molecule has 3 aliphatic rings. The fourth-order valence-corrected chi connectivity index (χ4v) is 8.99. The molecule has 5 N–H and O–H groups in total. The van der Waals surface area contributed by atoms with Crippen LogP contribution in [0.5, 0.6) is 5.75 Å². The number of benzene rings is 2. The third-order valence-electron chi connectivity index (χ3n) is 11.0. The number of hydrogen-bond acceptors (Lipinski definition) is 10. The van der Waals surface area contributed by atoms with Gasteiger partial charge in [0.2, 0.25) is 5.91 Å². The van der Waals surface area contributed by atoms with Gasteiger partial charge in [-0.3, -0.25) is 14.4 Å². The van der Waals surface area contributed by atoms with E-state index in [0.717, 1.165) is 69.5 Å². The van der Waals surface area contributed by atoms with Crippen molar-refractivity contribution in [3.63, 3.8) is 0 Å². The van der Waals surface area contributed by atoms with Gasteiger partial charge in [0.1, 0.15) is 6.04 Å².